The minimum Gasteiger partial charge on any atom is -0.462 e. The first kappa shape index (κ1) is 14.5. The minimum atomic E-state index is -0.305. The van der Waals surface area contributed by atoms with Crippen molar-refractivity contribution in [1.82, 2.24) is 4.57 Å². The molecule has 0 radical (unpaired) electrons. The third-order valence-corrected chi connectivity index (χ3v) is 2.66. The lowest BCUT2D eigenvalue weighted by molar-refractivity contribution is -0.697. The molecule has 0 aliphatic rings. The van der Waals surface area contributed by atoms with E-state index in [9.17, 15) is 4.79 Å². The molecule has 0 atom stereocenters. The number of hydrogen-bond donors (Lipinski definition) is 0. The van der Waals surface area contributed by atoms with E-state index in [1.807, 2.05) is 0 Å². The highest BCUT2D eigenvalue weighted by atomic mass is 16.5. The van der Waals surface area contributed by atoms with Gasteiger partial charge in [0.05, 0.1) is 19.7 Å². The molecule has 4 nitrogen and oxygen atoms in total. The van der Waals surface area contributed by atoms with Crippen LogP contribution in [0, 0.1) is 0 Å². The predicted molar refractivity (Wildman–Crippen MR) is 69.9 cm³/mol. The molecule has 0 saturated heterocycles. The Bertz CT molecular complexity index is 396. The van der Waals surface area contributed by atoms with Crippen LogP contribution in [-0.2, 0) is 22.6 Å². The lowest BCUT2D eigenvalue weighted by atomic mass is 10.3. The Kier molecular flexibility index (Phi) is 6.19. The maximum Gasteiger partial charge on any atom is 0.333 e. The second-order valence-corrected chi connectivity index (χ2v) is 4.51. The lowest BCUT2D eigenvalue weighted by Gasteiger charge is -2.02. The van der Waals surface area contributed by atoms with Crippen LogP contribution < -0.4 is 4.57 Å². The summed E-state index contributed by atoms with van der Waals surface area (Å²) in [7, 11) is 0. The molecule has 1 aromatic rings. The smallest absolute Gasteiger partial charge is 0.333 e. The average Bonchev–Trinajstić information content (AvgIpc) is 2.79. The number of ether oxygens (including phenoxy) is 1. The van der Waals surface area contributed by atoms with Crippen LogP contribution >= 0.6 is 0 Å². The molecule has 0 aromatic carbocycles. The van der Waals surface area contributed by atoms with E-state index in [1.54, 1.807) is 6.92 Å². The van der Waals surface area contributed by atoms with Crippen LogP contribution in [0.5, 0.6) is 0 Å². The molecule has 0 aliphatic heterocycles. The summed E-state index contributed by atoms with van der Waals surface area (Å²) >= 11 is 0. The van der Waals surface area contributed by atoms with E-state index in [0.29, 0.717) is 12.2 Å². The van der Waals surface area contributed by atoms with Gasteiger partial charge in [0.1, 0.15) is 12.4 Å². The van der Waals surface area contributed by atoms with E-state index in [0.717, 1.165) is 19.5 Å². The van der Waals surface area contributed by atoms with Gasteiger partial charge in [0, 0.05) is 12.0 Å². The average molecular weight is 251 g/mol. The fourth-order valence-corrected chi connectivity index (χ4v) is 1.58. The number of carbonyl (C=O) groups is 1. The molecule has 1 rings (SSSR count). The first-order valence-electron chi connectivity index (χ1n) is 6.51. The topological polar surface area (TPSA) is 35.1 Å². The molecule has 0 aliphatic carbocycles. The number of carbonyl (C=O) groups excluding carboxylic acids is 1. The Balaban J connectivity index is 2.21. The van der Waals surface area contributed by atoms with Gasteiger partial charge >= 0.3 is 5.97 Å². The van der Waals surface area contributed by atoms with Gasteiger partial charge in [-0.2, -0.15) is 0 Å². The Labute approximate surface area is 109 Å². The van der Waals surface area contributed by atoms with Crippen LogP contribution in [-0.4, -0.2) is 17.1 Å². The van der Waals surface area contributed by atoms with Crippen molar-refractivity contribution in [2.24, 2.45) is 0 Å². The van der Waals surface area contributed by atoms with E-state index in [2.05, 4.69) is 41.4 Å². The Morgan fingerprint density at radius 3 is 2.89 bits per heavy atom. The van der Waals surface area contributed by atoms with Crippen molar-refractivity contribution >= 4 is 5.97 Å². The van der Waals surface area contributed by atoms with Crippen molar-refractivity contribution in [2.45, 2.75) is 46.2 Å². The summed E-state index contributed by atoms with van der Waals surface area (Å²) in [6.45, 7) is 9.76. The zero-order valence-electron chi connectivity index (χ0n) is 11.4. The molecule has 18 heavy (non-hydrogen) atoms. The van der Waals surface area contributed by atoms with Gasteiger partial charge in [0.15, 0.2) is 0 Å². The second-order valence-electron chi connectivity index (χ2n) is 4.51. The van der Waals surface area contributed by atoms with Crippen LogP contribution in [0.25, 0.3) is 0 Å². The van der Waals surface area contributed by atoms with Crippen LogP contribution in [0.2, 0.25) is 0 Å². The quantitative estimate of drug-likeness (QED) is 0.307. The van der Waals surface area contributed by atoms with Gasteiger partial charge in [-0.15, -0.1) is 0 Å². The van der Waals surface area contributed by atoms with Crippen LogP contribution in [0.4, 0.5) is 0 Å². The highest BCUT2D eigenvalue weighted by Gasteiger charge is 2.05. The van der Waals surface area contributed by atoms with Gasteiger partial charge in [0.2, 0.25) is 6.33 Å². The zero-order valence-corrected chi connectivity index (χ0v) is 11.4. The molecule has 4 heteroatoms. The monoisotopic (exact) mass is 251 g/mol. The molecule has 0 bridgehead atoms. The molecule has 0 amide bonds. The third kappa shape index (κ3) is 5.17. The molecule has 0 saturated carbocycles. The Morgan fingerprint density at radius 1 is 1.44 bits per heavy atom. The molecule has 0 N–H and O–H groups in total. The van der Waals surface area contributed by atoms with Gasteiger partial charge in [-0.05, 0) is 13.3 Å². The highest BCUT2D eigenvalue weighted by molar-refractivity contribution is 5.86. The second kappa shape index (κ2) is 7.69. The molecule has 1 heterocycles. The maximum absolute atomic E-state index is 11.1. The van der Waals surface area contributed by atoms with Gasteiger partial charge in [-0.25, -0.2) is 13.9 Å². The van der Waals surface area contributed by atoms with Crippen LogP contribution in [0.15, 0.2) is 30.9 Å². The number of hydrogen-bond acceptors (Lipinski definition) is 2. The molecule has 0 spiro atoms. The van der Waals surface area contributed by atoms with E-state index < -0.39 is 0 Å². The van der Waals surface area contributed by atoms with Gasteiger partial charge in [-0.1, -0.05) is 19.9 Å². The summed E-state index contributed by atoms with van der Waals surface area (Å²) in [6.07, 6.45) is 9.45. The summed E-state index contributed by atoms with van der Waals surface area (Å²) in [6, 6.07) is 0. The largest absolute Gasteiger partial charge is 0.462 e. The van der Waals surface area contributed by atoms with Gasteiger partial charge < -0.3 is 4.74 Å². The van der Waals surface area contributed by atoms with Crippen LogP contribution in [0.3, 0.4) is 0 Å². The van der Waals surface area contributed by atoms with E-state index in [-0.39, 0.29) is 5.97 Å². The van der Waals surface area contributed by atoms with Crippen molar-refractivity contribution in [3.8, 4) is 0 Å². The first-order chi connectivity index (χ1) is 8.63. The van der Waals surface area contributed by atoms with Crippen molar-refractivity contribution < 1.29 is 14.1 Å². The third-order valence-electron chi connectivity index (χ3n) is 2.66. The first-order valence-corrected chi connectivity index (χ1v) is 6.51. The van der Waals surface area contributed by atoms with Crippen LogP contribution in [0.1, 0.15) is 33.1 Å². The summed E-state index contributed by atoms with van der Waals surface area (Å²) < 4.78 is 9.34. The number of esters is 1. The summed E-state index contributed by atoms with van der Waals surface area (Å²) in [5.41, 5.74) is 0.452. The van der Waals surface area contributed by atoms with Gasteiger partial charge in [0.25, 0.3) is 0 Å². The molecule has 100 valence electrons. The maximum atomic E-state index is 11.1. The number of imidazole rings is 1. The summed E-state index contributed by atoms with van der Waals surface area (Å²) in [5.74, 6) is -0.305. The Morgan fingerprint density at radius 2 is 2.22 bits per heavy atom. The fraction of sp³-hybridized carbons (Fsp3) is 0.571. The molecule has 0 fully saturated rings. The van der Waals surface area contributed by atoms with Crippen molar-refractivity contribution in [1.29, 1.82) is 0 Å². The number of rotatable bonds is 8. The molecular weight excluding hydrogens is 228 g/mol. The standard InChI is InChI=1S/C14H23N2O2/c1-4-5-7-15-9-10-16(12-15)8-6-11-18-14(17)13(2)3/h9-10,12H,2,4-8,11H2,1,3H3/q+1. The van der Waals surface area contributed by atoms with Crippen molar-refractivity contribution in [3.63, 3.8) is 0 Å². The molecule has 0 unspecified atom stereocenters. The van der Waals surface area contributed by atoms with Crippen molar-refractivity contribution in [3.05, 3.63) is 30.9 Å². The number of unbranched alkanes of at least 4 members (excludes halogenated alkanes) is 1. The minimum absolute atomic E-state index is 0.305. The van der Waals surface area contributed by atoms with Crippen molar-refractivity contribution in [2.75, 3.05) is 6.61 Å². The summed E-state index contributed by atoms with van der Waals surface area (Å²) in [4.78, 5) is 11.1. The van der Waals surface area contributed by atoms with E-state index in [1.165, 1.54) is 12.8 Å². The number of aryl methyl sites for hydroxylation is 2. The highest BCUT2D eigenvalue weighted by Crippen LogP contribution is 1.95. The zero-order chi connectivity index (χ0) is 13.4. The number of aromatic nitrogens is 2. The number of nitrogens with zero attached hydrogens (tertiary/aromatic N) is 2. The van der Waals surface area contributed by atoms with Gasteiger partial charge in [-0.3, -0.25) is 0 Å². The lowest BCUT2D eigenvalue weighted by Crippen LogP contribution is -2.31. The predicted octanol–water partition coefficient (Wildman–Crippen LogP) is 2.09. The Hall–Kier alpha value is -1.58. The fourth-order valence-electron chi connectivity index (χ4n) is 1.58. The van der Waals surface area contributed by atoms with E-state index >= 15 is 0 Å². The molecule has 1 aromatic heterocycles. The summed E-state index contributed by atoms with van der Waals surface area (Å²) in [5, 5.41) is 0. The molecular formula is C14H23N2O2+. The normalized spacial score (nSPS) is 10.3. The van der Waals surface area contributed by atoms with E-state index in [4.69, 9.17) is 4.74 Å². The SMILES string of the molecule is C=C(C)C(=O)OCCC[n+]1ccn(CCCC)c1.